The van der Waals surface area contributed by atoms with Gasteiger partial charge in [-0.2, -0.15) is 10.2 Å². The third-order valence-electron chi connectivity index (χ3n) is 4.50. The van der Waals surface area contributed by atoms with Gasteiger partial charge in [0.25, 0.3) is 0 Å². The van der Waals surface area contributed by atoms with Crippen molar-refractivity contribution >= 4 is 29.0 Å². The summed E-state index contributed by atoms with van der Waals surface area (Å²) in [5.41, 5.74) is 1.81. The van der Waals surface area contributed by atoms with Crippen LogP contribution in [-0.2, 0) is 0 Å². The predicted molar refractivity (Wildman–Crippen MR) is 95.5 cm³/mol. The summed E-state index contributed by atoms with van der Waals surface area (Å²) in [6.45, 7) is 3.90. The summed E-state index contributed by atoms with van der Waals surface area (Å²) in [6.07, 6.45) is 3.43. The van der Waals surface area contributed by atoms with E-state index in [4.69, 9.17) is 16.3 Å². The van der Waals surface area contributed by atoms with E-state index in [0.29, 0.717) is 37.0 Å². The van der Waals surface area contributed by atoms with Crippen LogP contribution in [0.2, 0.25) is 5.02 Å². The second-order valence-corrected chi connectivity index (χ2v) is 6.41. The van der Waals surface area contributed by atoms with Crippen molar-refractivity contribution in [3.05, 3.63) is 41.7 Å². The smallest absolute Gasteiger partial charge is 0.324 e. The Balaban J connectivity index is 1.45. The van der Waals surface area contributed by atoms with Crippen LogP contribution in [0.1, 0.15) is 0 Å². The number of amides is 2. The van der Waals surface area contributed by atoms with Gasteiger partial charge < -0.3 is 14.5 Å². The van der Waals surface area contributed by atoms with Crippen molar-refractivity contribution in [2.24, 2.45) is 0 Å². The van der Waals surface area contributed by atoms with Gasteiger partial charge >= 0.3 is 6.03 Å². The Bertz CT molecular complexity index is 765. The van der Waals surface area contributed by atoms with E-state index >= 15 is 0 Å². The first kappa shape index (κ1) is 16.0. The minimum absolute atomic E-state index is 0.0133. The number of nitrogens with zero attached hydrogens (tertiary/aromatic N) is 5. The van der Waals surface area contributed by atoms with Gasteiger partial charge in [0.2, 0.25) is 0 Å². The molecule has 7 nitrogen and oxygen atoms in total. The molecular weight excluding hydrogens is 342 g/mol. The zero-order chi connectivity index (χ0) is 17.2. The first-order valence-corrected chi connectivity index (χ1v) is 8.60. The van der Waals surface area contributed by atoms with Crippen LogP contribution >= 0.6 is 11.6 Å². The van der Waals surface area contributed by atoms with Crippen LogP contribution in [0.3, 0.4) is 0 Å². The van der Waals surface area contributed by atoms with Gasteiger partial charge in [0.05, 0.1) is 30.3 Å². The first-order valence-electron chi connectivity index (χ1n) is 8.23. The van der Waals surface area contributed by atoms with E-state index < -0.39 is 0 Å². The average molecular weight is 360 g/mol. The highest BCUT2D eigenvalue weighted by Crippen LogP contribution is 2.34. The van der Waals surface area contributed by atoms with Crippen molar-refractivity contribution in [1.29, 1.82) is 0 Å². The quantitative estimate of drug-likeness (QED) is 0.781. The highest BCUT2D eigenvalue weighted by molar-refractivity contribution is 6.30. The van der Waals surface area contributed by atoms with Crippen LogP contribution in [0, 0.1) is 0 Å². The minimum atomic E-state index is 0.0133. The standard InChI is InChI=1S/C17H18ClN5O2/c18-13-1-2-15-16(11-13)25-10-9-23(15)17(24)22-7-5-21(6-8-22)14-3-4-19-20-12-14/h1-4,11-12H,5-10H2. The molecule has 25 heavy (non-hydrogen) atoms. The Hall–Kier alpha value is -2.54. The predicted octanol–water partition coefficient (Wildman–Crippen LogP) is 2.27. The number of ether oxygens (including phenoxy) is 1. The largest absolute Gasteiger partial charge is 0.489 e. The van der Waals surface area contributed by atoms with Crippen molar-refractivity contribution in [2.45, 2.75) is 0 Å². The molecule has 0 bridgehead atoms. The van der Waals surface area contributed by atoms with Crippen LogP contribution in [0.5, 0.6) is 5.75 Å². The van der Waals surface area contributed by atoms with Crippen LogP contribution in [0.25, 0.3) is 0 Å². The molecule has 0 saturated carbocycles. The number of hydrogen-bond donors (Lipinski definition) is 0. The molecule has 0 N–H and O–H groups in total. The molecule has 1 saturated heterocycles. The van der Waals surface area contributed by atoms with Crippen LogP contribution in [-0.4, -0.2) is 60.5 Å². The van der Waals surface area contributed by atoms with E-state index in [1.165, 1.54) is 0 Å². The lowest BCUT2D eigenvalue weighted by Gasteiger charge is -2.39. The Kier molecular flexibility index (Phi) is 4.31. The Morgan fingerprint density at radius 1 is 1.08 bits per heavy atom. The lowest BCUT2D eigenvalue weighted by molar-refractivity contribution is 0.196. The Morgan fingerprint density at radius 3 is 2.68 bits per heavy atom. The van der Waals surface area contributed by atoms with E-state index in [1.807, 2.05) is 17.0 Å². The summed E-state index contributed by atoms with van der Waals surface area (Å²) in [6, 6.07) is 7.33. The monoisotopic (exact) mass is 359 g/mol. The number of fused-ring (bicyclic) bond motifs is 1. The molecule has 0 spiro atoms. The van der Waals surface area contributed by atoms with Gasteiger partial charge in [-0.15, -0.1) is 0 Å². The van der Waals surface area contributed by atoms with Gasteiger partial charge in [0.1, 0.15) is 12.4 Å². The van der Waals surface area contributed by atoms with Gasteiger partial charge in [-0.1, -0.05) is 11.6 Å². The molecule has 1 aromatic heterocycles. The molecule has 2 aliphatic rings. The average Bonchev–Trinajstić information content (AvgIpc) is 2.67. The summed E-state index contributed by atoms with van der Waals surface area (Å²) >= 11 is 6.02. The van der Waals surface area contributed by atoms with Crippen molar-refractivity contribution < 1.29 is 9.53 Å². The molecule has 2 aliphatic heterocycles. The van der Waals surface area contributed by atoms with Crippen molar-refractivity contribution in [3.63, 3.8) is 0 Å². The summed E-state index contributed by atoms with van der Waals surface area (Å²) in [4.78, 5) is 18.8. The second kappa shape index (κ2) is 6.76. The number of rotatable bonds is 1. The van der Waals surface area contributed by atoms with E-state index in [0.717, 1.165) is 24.5 Å². The summed E-state index contributed by atoms with van der Waals surface area (Å²) < 4.78 is 5.63. The molecule has 0 atom stereocenters. The van der Waals surface area contributed by atoms with E-state index in [1.54, 1.807) is 29.4 Å². The van der Waals surface area contributed by atoms with Gasteiger partial charge in [0.15, 0.2) is 0 Å². The zero-order valence-corrected chi connectivity index (χ0v) is 14.4. The summed E-state index contributed by atoms with van der Waals surface area (Å²) in [5, 5.41) is 8.32. The van der Waals surface area contributed by atoms with Crippen LogP contribution in [0.15, 0.2) is 36.7 Å². The minimum Gasteiger partial charge on any atom is -0.489 e. The summed E-state index contributed by atoms with van der Waals surface area (Å²) in [5.74, 6) is 0.661. The molecular formula is C17H18ClN5O2. The molecule has 4 rings (SSSR count). The highest BCUT2D eigenvalue weighted by atomic mass is 35.5. The number of urea groups is 1. The topological polar surface area (TPSA) is 61.8 Å². The molecule has 1 fully saturated rings. The third-order valence-corrected chi connectivity index (χ3v) is 4.74. The normalized spacial score (nSPS) is 17.1. The number of carbonyl (C=O) groups excluding carboxylic acids is 1. The van der Waals surface area contributed by atoms with Crippen LogP contribution < -0.4 is 14.5 Å². The number of anilines is 2. The maximum atomic E-state index is 13.0. The Labute approximate surface area is 150 Å². The maximum Gasteiger partial charge on any atom is 0.324 e. The molecule has 0 aliphatic carbocycles. The lowest BCUT2D eigenvalue weighted by Crippen LogP contribution is -2.54. The highest BCUT2D eigenvalue weighted by Gasteiger charge is 2.30. The number of piperazine rings is 1. The number of hydrogen-bond acceptors (Lipinski definition) is 5. The van der Waals surface area contributed by atoms with Gasteiger partial charge in [-0.25, -0.2) is 4.79 Å². The van der Waals surface area contributed by atoms with Gasteiger partial charge in [-0.3, -0.25) is 4.90 Å². The molecule has 2 amide bonds. The molecule has 2 aromatic rings. The van der Waals surface area contributed by atoms with E-state index in [2.05, 4.69) is 15.1 Å². The fraction of sp³-hybridized carbons (Fsp3) is 0.353. The molecule has 130 valence electrons. The molecule has 0 unspecified atom stereocenters. The number of benzene rings is 1. The maximum absolute atomic E-state index is 13.0. The van der Waals surface area contributed by atoms with Crippen molar-refractivity contribution in [1.82, 2.24) is 15.1 Å². The molecule has 1 aromatic carbocycles. The molecule has 0 radical (unpaired) electrons. The summed E-state index contributed by atoms with van der Waals surface area (Å²) in [7, 11) is 0. The number of carbonyl (C=O) groups is 1. The lowest BCUT2D eigenvalue weighted by atomic mass is 10.2. The SMILES string of the molecule is O=C(N1CCN(c2ccnnc2)CC1)N1CCOc2cc(Cl)ccc21. The number of halogens is 1. The first-order chi connectivity index (χ1) is 12.2. The van der Waals surface area contributed by atoms with Crippen molar-refractivity contribution in [2.75, 3.05) is 49.1 Å². The van der Waals surface area contributed by atoms with E-state index in [9.17, 15) is 4.79 Å². The number of aromatic nitrogens is 2. The van der Waals surface area contributed by atoms with E-state index in [-0.39, 0.29) is 6.03 Å². The third kappa shape index (κ3) is 3.19. The van der Waals surface area contributed by atoms with Crippen molar-refractivity contribution in [3.8, 4) is 5.75 Å². The fourth-order valence-electron chi connectivity index (χ4n) is 3.19. The molecule has 8 heteroatoms. The zero-order valence-electron chi connectivity index (χ0n) is 13.6. The van der Waals surface area contributed by atoms with Gasteiger partial charge in [0, 0.05) is 37.3 Å². The molecule has 3 heterocycles. The van der Waals surface area contributed by atoms with Gasteiger partial charge in [-0.05, 0) is 18.2 Å². The van der Waals surface area contributed by atoms with Crippen LogP contribution in [0.4, 0.5) is 16.2 Å². The fourth-order valence-corrected chi connectivity index (χ4v) is 3.35. The second-order valence-electron chi connectivity index (χ2n) is 5.97. The Morgan fingerprint density at radius 2 is 1.92 bits per heavy atom.